The zero-order chi connectivity index (χ0) is 13.8. The van der Waals surface area contributed by atoms with Crippen LogP contribution in [0.15, 0.2) is 30.9 Å². The van der Waals surface area contributed by atoms with Crippen LogP contribution in [0.4, 0.5) is 10.1 Å². The molecular formula is C14H16FNO3. The second-order valence-electron chi connectivity index (χ2n) is 4.21. The van der Waals surface area contributed by atoms with Gasteiger partial charge in [-0.15, -0.1) is 6.58 Å². The Labute approximate surface area is 111 Å². The molecule has 1 aromatic rings. The van der Waals surface area contributed by atoms with Gasteiger partial charge in [0.1, 0.15) is 24.3 Å². The maximum atomic E-state index is 13.1. The lowest BCUT2D eigenvalue weighted by Gasteiger charge is -2.31. The first-order valence-electron chi connectivity index (χ1n) is 6.09. The molecule has 2 rings (SSSR count). The minimum atomic E-state index is -0.575. The predicted molar refractivity (Wildman–Crippen MR) is 69.9 cm³/mol. The second kappa shape index (κ2) is 5.84. The van der Waals surface area contributed by atoms with Gasteiger partial charge < -0.3 is 14.4 Å². The molecule has 0 N–H and O–H groups in total. The van der Waals surface area contributed by atoms with E-state index in [4.69, 9.17) is 9.47 Å². The van der Waals surface area contributed by atoms with Crippen molar-refractivity contribution in [3.63, 3.8) is 0 Å². The lowest BCUT2D eigenvalue weighted by atomic mass is 10.2. The molecule has 1 aliphatic heterocycles. The molecule has 0 saturated heterocycles. The summed E-state index contributed by atoms with van der Waals surface area (Å²) in [5.41, 5.74) is 0.576. The molecular weight excluding hydrogens is 249 g/mol. The molecule has 1 heterocycles. The van der Waals surface area contributed by atoms with Gasteiger partial charge in [-0.3, -0.25) is 4.79 Å². The Morgan fingerprint density at radius 1 is 1.68 bits per heavy atom. The standard InChI is InChI=1S/C14H16FNO3/c1-3-7-18-10(2)14(17)16-6-8-19-13-9-11(15)4-5-12(13)16/h3-5,9-10H,1,6-8H2,2H3/t10-/m1/s1. The van der Waals surface area contributed by atoms with Gasteiger partial charge in [-0.2, -0.15) is 0 Å². The van der Waals surface area contributed by atoms with Crippen LogP contribution in [0.5, 0.6) is 5.75 Å². The lowest BCUT2D eigenvalue weighted by Crippen LogP contribution is -2.43. The number of hydrogen-bond acceptors (Lipinski definition) is 3. The molecule has 0 spiro atoms. The molecule has 0 radical (unpaired) electrons. The van der Waals surface area contributed by atoms with Crippen molar-refractivity contribution in [3.8, 4) is 5.75 Å². The van der Waals surface area contributed by atoms with Crippen molar-refractivity contribution in [2.24, 2.45) is 0 Å². The van der Waals surface area contributed by atoms with E-state index < -0.39 is 6.10 Å². The van der Waals surface area contributed by atoms with Crippen LogP contribution in [-0.4, -0.2) is 31.8 Å². The van der Waals surface area contributed by atoms with E-state index in [9.17, 15) is 9.18 Å². The largest absolute Gasteiger partial charge is 0.489 e. The maximum absolute atomic E-state index is 13.1. The highest BCUT2D eigenvalue weighted by molar-refractivity contribution is 5.98. The Kier molecular flexibility index (Phi) is 4.16. The molecule has 0 fully saturated rings. The number of carbonyl (C=O) groups is 1. The van der Waals surface area contributed by atoms with Crippen LogP contribution >= 0.6 is 0 Å². The van der Waals surface area contributed by atoms with Gasteiger partial charge in [0.15, 0.2) is 0 Å². The van der Waals surface area contributed by atoms with Crippen molar-refractivity contribution in [1.29, 1.82) is 0 Å². The van der Waals surface area contributed by atoms with Crippen molar-refractivity contribution in [2.45, 2.75) is 13.0 Å². The monoisotopic (exact) mass is 265 g/mol. The normalized spacial score (nSPS) is 15.4. The Morgan fingerprint density at radius 2 is 2.47 bits per heavy atom. The highest BCUT2D eigenvalue weighted by Gasteiger charge is 2.27. The first-order chi connectivity index (χ1) is 9.13. The fourth-order valence-corrected chi connectivity index (χ4v) is 1.93. The van der Waals surface area contributed by atoms with E-state index in [0.29, 0.717) is 31.2 Å². The summed E-state index contributed by atoms with van der Waals surface area (Å²) in [4.78, 5) is 13.8. The van der Waals surface area contributed by atoms with Crippen molar-refractivity contribution in [1.82, 2.24) is 0 Å². The number of nitrogens with zero attached hydrogens (tertiary/aromatic N) is 1. The van der Waals surface area contributed by atoms with E-state index in [-0.39, 0.29) is 11.7 Å². The van der Waals surface area contributed by atoms with E-state index in [1.165, 1.54) is 12.1 Å². The number of hydrogen-bond donors (Lipinski definition) is 0. The molecule has 1 atom stereocenters. The van der Waals surface area contributed by atoms with E-state index in [2.05, 4.69) is 6.58 Å². The molecule has 5 heteroatoms. The average Bonchev–Trinajstić information content (AvgIpc) is 2.42. The Bertz CT molecular complexity index is 490. The second-order valence-corrected chi connectivity index (χ2v) is 4.21. The first-order valence-corrected chi connectivity index (χ1v) is 6.09. The summed E-state index contributed by atoms with van der Waals surface area (Å²) >= 11 is 0. The Morgan fingerprint density at radius 3 is 3.21 bits per heavy atom. The maximum Gasteiger partial charge on any atom is 0.256 e. The quantitative estimate of drug-likeness (QED) is 0.783. The SMILES string of the molecule is C=CCO[C@H](C)C(=O)N1CCOc2cc(F)ccc21. The van der Waals surface area contributed by atoms with Gasteiger partial charge in [0.25, 0.3) is 5.91 Å². The number of halogens is 1. The summed E-state index contributed by atoms with van der Waals surface area (Å²) in [7, 11) is 0. The zero-order valence-corrected chi connectivity index (χ0v) is 10.8. The fourth-order valence-electron chi connectivity index (χ4n) is 1.93. The summed E-state index contributed by atoms with van der Waals surface area (Å²) in [6, 6.07) is 4.13. The summed E-state index contributed by atoms with van der Waals surface area (Å²) in [5, 5.41) is 0. The molecule has 102 valence electrons. The van der Waals surface area contributed by atoms with Crippen LogP contribution in [0, 0.1) is 5.82 Å². The van der Waals surface area contributed by atoms with E-state index in [1.807, 2.05) is 0 Å². The zero-order valence-electron chi connectivity index (χ0n) is 10.8. The molecule has 1 aliphatic rings. The fraction of sp³-hybridized carbons (Fsp3) is 0.357. The number of benzene rings is 1. The highest BCUT2D eigenvalue weighted by Crippen LogP contribution is 2.32. The number of fused-ring (bicyclic) bond motifs is 1. The average molecular weight is 265 g/mol. The summed E-state index contributed by atoms with van der Waals surface area (Å²) in [6.45, 7) is 6.31. The molecule has 0 saturated carbocycles. The van der Waals surface area contributed by atoms with Crippen molar-refractivity contribution in [2.75, 3.05) is 24.7 Å². The molecule has 0 aromatic heterocycles. The topological polar surface area (TPSA) is 38.8 Å². The van der Waals surface area contributed by atoms with Crippen LogP contribution in [0.3, 0.4) is 0 Å². The van der Waals surface area contributed by atoms with Crippen molar-refractivity contribution >= 4 is 11.6 Å². The molecule has 1 amide bonds. The lowest BCUT2D eigenvalue weighted by molar-refractivity contribution is -0.128. The van der Waals surface area contributed by atoms with Crippen LogP contribution < -0.4 is 9.64 Å². The van der Waals surface area contributed by atoms with Gasteiger partial charge >= 0.3 is 0 Å². The van der Waals surface area contributed by atoms with Gasteiger partial charge in [0.05, 0.1) is 18.8 Å². The van der Waals surface area contributed by atoms with Crippen LogP contribution in [0.1, 0.15) is 6.92 Å². The minimum Gasteiger partial charge on any atom is -0.489 e. The number of rotatable bonds is 4. The third-order valence-electron chi connectivity index (χ3n) is 2.86. The molecule has 1 aromatic carbocycles. The van der Waals surface area contributed by atoms with Crippen LogP contribution in [0.25, 0.3) is 0 Å². The van der Waals surface area contributed by atoms with Gasteiger partial charge in [-0.25, -0.2) is 4.39 Å². The molecule has 19 heavy (non-hydrogen) atoms. The molecule has 0 aliphatic carbocycles. The molecule has 0 bridgehead atoms. The van der Waals surface area contributed by atoms with Gasteiger partial charge in [-0.1, -0.05) is 6.08 Å². The molecule has 4 nitrogen and oxygen atoms in total. The van der Waals surface area contributed by atoms with Crippen molar-refractivity contribution in [3.05, 3.63) is 36.7 Å². The smallest absolute Gasteiger partial charge is 0.256 e. The van der Waals surface area contributed by atoms with Gasteiger partial charge in [0, 0.05) is 6.07 Å². The minimum absolute atomic E-state index is 0.169. The number of carbonyl (C=O) groups excluding carboxylic acids is 1. The number of anilines is 1. The van der Waals surface area contributed by atoms with E-state index in [0.717, 1.165) is 0 Å². The van der Waals surface area contributed by atoms with Gasteiger partial charge in [-0.05, 0) is 19.1 Å². The summed E-state index contributed by atoms with van der Waals surface area (Å²) in [6.07, 6.45) is 1.01. The first kappa shape index (κ1) is 13.5. The Balaban J connectivity index is 2.18. The van der Waals surface area contributed by atoms with Crippen LogP contribution in [0.2, 0.25) is 0 Å². The third kappa shape index (κ3) is 2.93. The van der Waals surface area contributed by atoms with Crippen LogP contribution in [-0.2, 0) is 9.53 Å². The summed E-state index contributed by atoms with van der Waals surface area (Å²) in [5.74, 6) is -0.169. The van der Waals surface area contributed by atoms with Crippen molar-refractivity contribution < 1.29 is 18.7 Å². The van der Waals surface area contributed by atoms with Gasteiger partial charge in [0.2, 0.25) is 0 Å². The third-order valence-corrected chi connectivity index (χ3v) is 2.86. The number of ether oxygens (including phenoxy) is 2. The predicted octanol–water partition coefficient (Wildman–Crippen LogP) is 2.14. The van der Waals surface area contributed by atoms with E-state index >= 15 is 0 Å². The van der Waals surface area contributed by atoms with E-state index in [1.54, 1.807) is 24.0 Å². The highest BCUT2D eigenvalue weighted by atomic mass is 19.1. The molecule has 0 unspecified atom stereocenters. The summed E-state index contributed by atoms with van der Waals surface area (Å²) < 4.78 is 23.8. The Hall–Kier alpha value is -1.88. The number of amides is 1.